The standard InChI is InChI=1S/C17H20N4O2S/c1-20(2)16(13-6-4-3-5-7-13)12-18-17(24)19-14-8-10-15(11-9-14)21(22)23/h3-11,16H,12H2,1-2H3,(H2,18,19,24)/p+1/t16-/m1/s1. The second-order valence-corrected chi connectivity index (χ2v) is 6.09. The Balaban J connectivity index is 1.92. The SMILES string of the molecule is C[NH+](C)[C@H](CNC(=S)Nc1ccc([N+](=O)[O-])cc1)c1ccccc1. The van der Waals surface area contributed by atoms with Gasteiger partial charge in [0.25, 0.3) is 5.69 Å². The van der Waals surface area contributed by atoms with E-state index in [9.17, 15) is 10.1 Å². The number of hydrogen-bond acceptors (Lipinski definition) is 3. The molecule has 7 heteroatoms. The van der Waals surface area contributed by atoms with Crippen LogP contribution in [-0.2, 0) is 0 Å². The van der Waals surface area contributed by atoms with Crippen molar-refractivity contribution in [2.75, 3.05) is 26.0 Å². The van der Waals surface area contributed by atoms with E-state index in [1.807, 2.05) is 18.2 Å². The minimum absolute atomic E-state index is 0.0553. The number of anilines is 1. The molecule has 0 aliphatic carbocycles. The lowest BCUT2D eigenvalue weighted by Crippen LogP contribution is -3.07. The van der Waals surface area contributed by atoms with Crippen LogP contribution >= 0.6 is 12.2 Å². The number of hydrogen-bond donors (Lipinski definition) is 3. The summed E-state index contributed by atoms with van der Waals surface area (Å²) < 4.78 is 0. The lowest BCUT2D eigenvalue weighted by molar-refractivity contribution is -0.890. The van der Waals surface area contributed by atoms with Gasteiger partial charge < -0.3 is 15.5 Å². The van der Waals surface area contributed by atoms with E-state index in [-0.39, 0.29) is 11.7 Å². The van der Waals surface area contributed by atoms with Crippen LogP contribution in [0.15, 0.2) is 54.6 Å². The third kappa shape index (κ3) is 5.00. The summed E-state index contributed by atoms with van der Waals surface area (Å²) in [6, 6.07) is 16.7. The van der Waals surface area contributed by atoms with Gasteiger partial charge in [-0.05, 0) is 24.4 Å². The van der Waals surface area contributed by atoms with Crippen LogP contribution < -0.4 is 15.5 Å². The van der Waals surface area contributed by atoms with Gasteiger partial charge in [0, 0.05) is 23.4 Å². The number of quaternary nitrogens is 1. The normalized spacial score (nSPS) is 11.8. The molecule has 0 fully saturated rings. The van der Waals surface area contributed by atoms with Crippen LogP contribution in [0.1, 0.15) is 11.6 Å². The summed E-state index contributed by atoms with van der Waals surface area (Å²) in [5.74, 6) is 0. The molecule has 2 aromatic carbocycles. The number of nitrogens with zero attached hydrogens (tertiary/aromatic N) is 1. The largest absolute Gasteiger partial charge is 0.356 e. The molecular formula is C17H21N4O2S+. The van der Waals surface area contributed by atoms with Crippen LogP contribution in [-0.4, -0.2) is 30.7 Å². The first-order chi connectivity index (χ1) is 11.5. The van der Waals surface area contributed by atoms with Crippen LogP contribution in [0.5, 0.6) is 0 Å². The Morgan fingerprint density at radius 2 is 1.79 bits per heavy atom. The molecule has 0 unspecified atom stereocenters. The van der Waals surface area contributed by atoms with Crippen molar-refractivity contribution in [1.82, 2.24) is 5.32 Å². The zero-order valence-corrected chi connectivity index (χ0v) is 14.5. The molecule has 0 aromatic heterocycles. The minimum atomic E-state index is -0.426. The topological polar surface area (TPSA) is 71.6 Å². The Morgan fingerprint density at radius 1 is 1.17 bits per heavy atom. The molecule has 0 saturated carbocycles. The van der Waals surface area contributed by atoms with Gasteiger partial charge in [0.15, 0.2) is 5.11 Å². The van der Waals surface area contributed by atoms with Crippen molar-refractivity contribution in [3.8, 4) is 0 Å². The highest BCUT2D eigenvalue weighted by atomic mass is 32.1. The van der Waals surface area contributed by atoms with Gasteiger partial charge in [0.1, 0.15) is 6.04 Å². The Bertz CT molecular complexity index is 689. The molecule has 0 aliphatic heterocycles. The molecule has 0 aliphatic rings. The Morgan fingerprint density at radius 3 is 2.33 bits per heavy atom. The maximum atomic E-state index is 10.7. The molecule has 24 heavy (non-hydrogen) atoms. The summed E-state index contributed by atoms with van der Waals surface area (Å²) in [6.45, 7) is 0.686. The number of nitrogens with one attached hydrogen (secondary N) is 3. The molecule has 3 N–H and O–H groups in total. The molecule has 0 saturated heterocycles. The molecule has 0 bridgehead atoms. The van der Waals surface area contributed by atoms with Gasteiger partial charge in [0.2, 0.25) is 0 Å². The van der Waals surface area contributed by atoms with Crippen LogP contribution in [0.25, 0.3) is 0 Å². The molecule has 0 heterocycles. The van der Waals surface area contributed by atoms with E-state index < -0.39 is 4.92 Å². The monoisotopic (exact) mass is 345 g/mol. The number of non-ortho nitro benzene ring substituents is 1. The predicted molar refractivity (Wildman–Crippen MR) is 99.3 cm³/mol. The molecule has 0 amide bonds. The van der Waals surface area contributed by atoms with E-state index in [2.05, 4.69) is 36.9 Å². The first-order valence-electron chi connectivity index (χ1n) is 7.61. The highest BCUT2D eigenvalue weighted by Crippen LogP contribution is 2.15. The summed E-state index contributed by atoms with van der Waals surface area (Å²) >= 11 is 5.31. The van der Waals surface area contributed by atoms with E-state index >= 15 is 0 Å². The molecule has 0 radical (unpaired) electrons. The third-order valence-electron chi connectivity index (χ3n) is 3.70. The molecule has 1 atom stereocenters. The second-order valence-electron chi connectivity index (χ2n) is 5.68. The van der Waals surface area contributed by atoms with Crippen molar-refractivity contribution in [3.05, 3.63) is 70.3 Å². The summed E-state index contributed by atoms with van der Waals surface area (Å²) in [6.07, 6.45) is 0. The number of thiocarbonyl (C=S) groups is 1. The van der Waals surface area contributed by atoms with Gasteiger partial charge in [-0.15, -0.1) is 0 Å². The Labute approximate surface area is 146 Å². The summed E-state index contributed by atoms with van der Waals surface area (Å²) in [5.41, 5.74) is 2.01. The number of nitro benzene ring substituents is 1. The number of rotatable bonds is 6. The summed E-state index contributed by atoms with van der Waals surface area (Å²) in [5, 5.41) is 17.4. The number of nitro groups is 1. The van der Waals surface area contributed by atoms with Crippen molar-refractivity contribution in [2.45, 2.75) is 6.04 Å². The predicted octanol–water partition coefficient (Wildman–Crippen LogP) is 1.77. The molecule has 6 nitrogen and oxygen atoms in total. The fourth-order valence-electron chi connectivity index (χ4n) is 2.38. The van der Waals surface area contributed by atoms with Gasteiger partial charge in [-0.3, -0.25) is 10.1 Å². The first kappa shape index (κ1) is 17.8. The number of benzene rings is 2. The van der Waals surface area contributed by atoms with Crippen molar-refractivity contribution < 1.29 is 9.82 Å². The average molecular weight is 345 g/mol. The van der Waals surface area contributed by atoms with Gasteiger partial charge in [0.05, 0.1) is 25.6 Å². The highest BCUT2D eigenvalue weighted by molar-refractivity contribution is 7.80. The van der Waals surface area contributed by atoms with Crippen molar-refractivity contribution in [3.63, 3.8) is 0 Å². The fourth-order valence-corrected chi connectivity index (χ4v) is 2.58. The third-order valence-corrected chi connectivity index (χ3v) is 3.95. The van der Waals surface area contributed by atoms with Crippen LogP contribution in [0, 0.1) is 10.1 Å². The Hall–Kier alpha value is -2.51. The van der Waals surface area contributed by atoms with Gasteiger partial charge in [-0.2, -0.15) is 0 Å². The summed E-state index contributed by atoms with van der Waals surface area (Å²) in [4.78, 5) is 11.5. The molecule has 126 valence electrons. The van der Waals surface area contributed by atoms with E-state index in [0.717, 1.165) is 0 Å². The van der Waals surface area contributed by atoms with Gasteiger partial charge in [-0.1, -0.05) is 30.3 Å². The van der Waals surface area contributed by atoms with Crippen molar-refractivity contribution >= 4 is 28.7 Å². The maximum Gasteiger partial charge on any atom is 0.269 e. The zero-order valence-electron chi connectivity index (χ0n) is 13.7. The van der Waals surface area contributed by atoms with Crippen LogP contribution in [0.3, 0.4) is 0 Å². The average Bonchev–Trinajstić information content (AvgIpc) is 2.56. The minimum Gasteiger partial charge on any atom is -0.356 e. The van der Waals surface area contributed by atoms with Gasteiger partial charge >= 0.3 is 0 Å². The molecule has 0 spiro atoms. The Kier molecular flexibility index (Phi) is 6.22. The van der Waals surface area contributed by atoms with E-state index in [1.54, 1.807) is 12.1 Å². The second kappa shape index (κ2) is 8.37. The quantitative estimate of drug-likeness (QED) is 0.423. The van der Waals surface area contributed by atoms with E-state index in [0.29, 0.717) is 17.3 Å². The lowest BCUT2D eigenvalue weighted by atomic mass is 10.1. The first-order valence-corrected chi connectivity index (χ1v) is 8.02. The van der Waals surface area contributed by atoms with Crippen LogP contribution in [0.4, 0.5) is 11.4 Å². The number of likely N-dealkylation sites (N-methyl/N-ethyl adjacent to an activating group) is 1. The van der Waals surface area contributed by atoms with Gasteiger partial charge in [-0.25, -0.2) is 0 Å². The summed E-state index contributed by atoms with van der Waals surface area (Å²) in [7, 11) is 4.21. The van der Waals surface area contributed by atoms with E-state index in [4.69, 9.17) is 12.2 Å². The highest BCUT2D eigenvalue weighted by Gasteiger charge is 2.17. The molecular weight excluding hydrogens is 324 g/mol. The molecule has 2 aromatic rings. The fraction of sp³-hybridized carbons (Fsp3) is 0.235. The maximum absolute atomic E-state index is 10.7. The van der Waals surface area contributed by atoms with E-state index in [1.165, 1.54) is 22.6 Å². The zero-order chi connectivity index (χ0) is 17.5. The van der Waals surface area contributed by atoms with Crippen molar-refractivity contribution in [1.29, 1.82) is 0 Å². The lowest BCUT2D eigenvalue weighted by Gasteiger charge is -2.23. The van der Waals surface area contributed by atoms with Crippen molar-refractivity contribution in [2.24, 2.45) is 0 Å². The van der Waals surface area contributed by atoms with Crippen LogP contribution in [0.2, 0.25) is 0 Å². The molecule has 2 rings (SSSR count). The smallest absolute Gasteiger partial charge is 0.269 e.